The number of carbonyl (C=O) groups is 1. The summed E-state index contributed by atoms with van der Waals surface area (Å²) in [7, 11) is 0. The number of primary amides is 1. The van der Waals surface area contributed by atoms with Crippen LogP contribution in [0.1, 0.15) is 18.1 Å². The Labute approximate surface area is 117 Å². The number of carbonyl (C=O) groups excluding carboxylic acids is 1. The van der Waals surface area contributed by atoms with Gasteiger partial charge in [-0.25, -0.2) is 4.39 Å². The Balaban J connectivity index is 2.98. The molecule has 1 aromatic rings. The van der Waals surface area contributed by atoms with Gasteiger partial charge in [-0.2, -0.15) is 0 Å². The van der Waals surface area contributed by atoms with Gasteiger partial charge in [0.25, 0.3) is 0 Å². The molecule has 0 heterocycles. The average molecular weight is 272 g/mol. The van der Waals surface area contributed by atoms with Crippen LogP contribution in [0.25, 0.3) is 6.08 Å². The summed E-state index contributed by atoms with van der Waals surface area (Å²) >= 11 is 0. The number of benzene rings is 1. The summed E-state index contributed by atoms with van der Waals surface area (Å²) in [5, 5.41) is 8.03. The minimum absolute atomic E-state index is 0.101. The summed E-state index contributed by atoms with van der Waals surface area (Å²) in [5.41, 5.74) is 7.02. The van der Waals surface area contributed by atoms with E-state index in [4.69, 9.17) is 11.1 Å². The first-order chi connectivity index (χ1) is 9.40. The van der Waals surface area contributed by atoms with Crippen LogP contribution in [0, 0.1) is 11.2 Å². The first kappa shape index (κ1) is 15.6. The Morgan fingerprint density at radius 3 is 2.65 bits per heavy atom. The van der Waals surface area contributed by atoms with E-state index in [0.29, 0.717) is 11.1 Å². The molecule has 0 fully saturated rings. The maximum atomic E-state index is 13.4. The van der Waals surface area contributed by atoms with Crippen molar-refractivity contribution in [2.45, 2.75) is 13.3 Å². The summed E-state index contributed by atoms with van der Waals surface area (Å²) in [6, 6.07) is 4.55. The molecule has 0 saturated heterocycles. The molecule has 0 aliphatic heterocycles. The lowest BCUT2D eigenvalue weighted by atomic mass is 9.95. The standard InChI is InChI=1S/C16H17FN2O/c1-4-12-8-11(6-7-14(12)17)9-15(18)13(5-2)10(3)16(19)20/h4-8,18H,1,3,9H2,2H3,(H2,19,20)/b13-5+,18-15?. The molecule has 0 radical (unpaired) electrons. The van der Waals surface area contributed by atoms with Crippen molar-refractivity contribution in [3.63, 3.8) is 0 Å². The summed E-state index contributed by atoms with van der Waals surface area (Å²) in [4.78, 5) is 11.1. The second-order valence-electron chi connectivity index (χ2n) is 4.26. The maximum absolute atomic E-state index is 13.4. The van der Waals surface area contributed by atoms with Gasteiger partial charge in [0.1, 0.15) is 5.82 Å². The first-order valence-electron chi connectivity index (χ1n) is 6.04. The van der Waals surface area contributed by atoms with E-state index in [1.54, 1.807) is 25.1 Å². The molecule has 3 nitrogen and oxygen atoms in total. The van der Waals surface area contributed by atoms with Gasteiger partial charge in [-0.05, 0) is 24.6 Å². The van der Waals surface area contributed by atoms with Crippen LogP contribution in [0.3, 0.4) is 0 Å². The van der Waals surface area contributed by atoms with Gasteiger partial charge in [-0.1, -0.05) is 31.4 Å². The van der Waals surface area contributed by atoms with Crippen molar-refractivity contribution in [3.8, 4) is 0 Å². The smallest absolute Gasteiger partial charge is 0.248 e. The number of hydrogen-bond acceptors (Lipinski definition) is 2. The lowest BCUT2D eigenvalue weighted by Gasteiger charge is -2.10. The number of hydrogen-bond donors (Lipinski definition) is 2. The number of rotatable bonds is 6. The molecule has 0 atom stereocenters. The van der Waals surface area contributed by atoms with E-state index >= 15 is 0 Å². The van der Waals surface area contributed by atoms with Crippen LogP contribution in [-0.4, -0.2) is 11.6 Å². The van der Waals surface area contributed by atoms with Crippen molar-refractivity contribution < 1.29 is 9.18 Å². The van der Waals surface area contributed by atoms with E-state index < -0.39 is 5.91 Å². The molecule has 0 aliphatic carbocycles. The number of amides is 1. The normalized spacial score (nSPS) is 11.0. The van der Waals surface area contributed by atoms with Crippen LogP contribution in [0.15, 0.2) is 48.6 Å². The molecule has 0 aromatic heterocycles. The summed E-state index contributed by atoms with van der Waals surface area (Å²) in [5.74, 6) is -1.02. The van der Waals surface area contributed by atoms with E-state index in [1.165, 1.54) is 12.1 Å². The van der Waals surface area contributed by atoms with Crippen LogP contribution >= 0.6 is 0 Å². The van der Waals surface area contributed by atoms with Gasteiger partial charge in [0.05, 0.1) is 0 Å². The molecule has 0 spiro atoms. The molecule has 0 aliphatic rings. The van der Waals surface area contributed by atoms with E-state index in [1.807, 2.05) is 0 Å². The highest BCUT2D eigenvalue weighted by atomic mass is 19.1. The third-order valence-corrected chi connectivity index (χ3v) is 2.90. The summed E-state index contributed by atoms with van der Waals surface area (Å²) in [6.07, 6.45) is 3.29. The van der Waals surface area contributed by atoms with Crippen LogP contribution < -0.4 is 5.73 Å². The Morgan fingerprint density at radius 2 is 2.15 bits per heavy atom. The van der Waals surface area contributed by atoms with Crippen molar-refractivity contribution in [2.75, 3.05) is 0 Å². The number of halogens is 1. The van der Waals surface area contributed by atoms with Crippen LogP contribution in [0.4, 0.5) is 4.39 Å². The zero-order valence-electron chi connectivity index (χ0n) is 11.4. The van der Waals surface area contributed by atoms with E-state index in [9.17, 15) is 9.18 Å². The molecule has 0 unspecified atom stereocenters. The molecule has 104 valence electrons. The van der Waals surface area contributed by atoms with E-state index in [0.717, 1.165) is 5.56 Å². The highest BCUT2D eigenvalue weighted by Crippen LogP contribution is 2.16. The second-order valence-corrected chi connectivity index (χ2v) is 4.26. The minimum Gasteiger partial charge on any atom is -0.366 e. The summed E-state index contributed by atoms with van der Waals surface area (Å²) < 4.78 is 13.4. The molecule has 0 saturated carbocycles. The van der Waals surface area contributed by atoms with Crippen molar-refractivity contribution >= 4 is 17.7 Å². The molecule has 1 aromatic carbocycles. The predicted octanol–water partition coefficient (Wildman–Crippen LogP) is 3.02. The monoisotopic (exact) mass is 272 g/mol. The maximum Gasteiger partial charge on any atom is 0.248 e. The van der Waals surface area contributed by atoms with E-state index in [2.05, 4.69) is 13.2 Å². The fourth-order valence-corrected chi connectivity index (χ4v) is 1.82. The molecule has 20 heavy (non-hydrogen) atoms. The van der Waals surface area contributed by atoms with Crippen molar-refractivity contribution in [3.05, 3.63) is 65.5 Å². The lowest BCUT2D eigenvalue weighted by molar-refractivity contribution is -0.114. The Kier molecular flexibility index (Phi) is 5.15. The third-order valence-electron chi connectivity index (χ3n) is 2.90. The third kappa shape index (κ3) is 3.51. The van der Waals surface area contributed by atoms with Crippen molar-refractivity contribution in [1.29, 1.82) is 5.41 Å². The van der Waals surface area contributed by atoms with Gasteiger partial charge in [0.15, 0.2) is 0 Å². The van der Waals surface area contributed by atoms with Crippen LogP contribution in [0.5, 0.6) is 0 Å². The fraction of sp³-hybridized carbons (Fsp3) is 0.125. The van der Waals surface area contributed by atoms with Crippen LogP contribution in [0.2, 0.25) is 0 Å². The number of nitrogens with two attached hydrogens (primary N) is 1. The topological polar surface area (TPSA) is 66.9 Å². The minimum atomic E-state index is -0.659. The number of allylic oxidation sites excluding steroid dienone is 1. The fourth-order valence-electron chi connectivity index (χ4n) is 1.82. The quantitative estimate of drug-likeness (QED) is 0.466. The van der Waals surface area contributed by atoms with Crippen LogP contribution in [-0.2, 0) is 11.2 Å². The lowest BCUT2D eigenvalue weighted by Crippen LogP contribution is -2.19. The van der Waals surface area contributed by atoms with Gasteiger partial charge in [-0.15, -0.1) is 0 Å². The largest absolute Gasteiger partial charge is 0.366 e. The van der Waals surface area contributed by atoms with Crippen molar-refractivity contribution in [1.82, 2.24) is 0 Å². The molecular formula is C16H17FN2O. The molecule has 4 heteroatoms. The second kappa shape index (κ2) is 6.61. The Morgan fingerprint density at radius 1 is 1.50 bits per heavy atom. The predicted molar refractivity (Wildman–Crippen MR) is 80.0 cm³/mol. The molecule has 1 amide bonds. The van der Waals surface area contributed by atoms with Gasteiger partial charge >= 0.3 is 0 Å². The zero-order chi connectivity index (χ0) is 15.3. The van der Waals surface area contributed by atoms with Gasteiger partial charge in [0.2, 0.25) is 5.91 Å². The van der Waals surface area contributed by atoms with Crippen molar-refractivity contribution in [2.24, 2.45) is 5.73 Å². The molecule has 3 N–H and O–H groups in total. The Bertz CT molecular complexity index is 615. The highest BCUT2D eigenvalue weighted by Gasteiger charge is 2.13. The van der Waals surface area contributed by atoms with Gasteiger partial charge in [-0.3, -0.25) is 4.79 Å². The highest BCUT2D eigenvalue weighted by molar-refractivity contribution is 6.12. The first-order valence-corrected chi connectivity index (χ1v) is 6.04. The van der Waals surface area contributed by atoms with Gasteiger partial charge < -0.3 is 11.1 Å². The zero-order valence-corrected chi connectivity index (χ0v) is 11.4. The van der Waals surface area contributed by atoms with E-state index in [-0.39, 0.29) is 23.5 Å². The molecular weight excluding hydrogens is 255 g/mol. The number of nitrogens with one attached hydrogen (secondary N) is 1. The Hall–Kier alpha value is -2.49. The SMILES string of the molecule is C=Cc1cc(CC(=N)/C(=C/C)C(=C)C(N)=O)ccc1F. The van der Waals surface area contributed by atoms with Gasteiger partial charge in [0, 0.05) is 28.8 Å². The molecule has 0 bridgehead atoms. The summed E-state index contributed by atoms with van der Waals surface area (Å²) in [6.45, 7) is 8.82. The molecule has 1 rings (SSSR count). The average Bonchev–Trinajstić information content (AvgIpc) is 2.41.